The third-order valence-corrected chi connectivity index (χ3v) is 9.94. The van der Waals surface area contributed by atoms with Crippen LogP contribution < -0.4 is 5.32 Å². The van der Waals surface area contributed by atoms with Crippen LogP contribution in [0.1, 0.15) is 112 Å². The van der Waals surface area contributed by atoms with Gasteiger partial charge in [0.15, 0.2) is 5.92 Å². The second-order valence-corrected chi connectivity index (χ2v) is 15.6. The molecule has 0 aliphatic heterocycles. The normalized spacial score (nSPS) is 13.1. The van der Waals surface area contributed by atoms with Crippen LogP contribution in [0.3, 0.4) is 0 Å². The predicted octanol–water partition coefficient (Wildman–Crippen LogP) is 4.57. The second kappa shape index (κ2) is 25.7. The van der Waals surface area contributed by atoms with E-state index < -0.39 is 83.5 Å². The molecule has 4 N–H and O–H groups in total. The highest BCUT2D eigenvalue weighted by atomic mass is 16.6. The van der Waals surface area contributed by atoms with Gasteiger partial charge in [-0.2, -0.15) is 0 Å². The van der Waals surface area contributed by atoms with Crippen molar-refractivity contribution >= 4 is 47.6 Å². The number of rotatable bonds is 28. The van der Waals surface area contributed by atoms with E-state index in [1.165, 1.54) is 30.0 Å². The Morgan fingerprint density at radius 2 is 1.34 bits per heavy atom. The molecule has 17 nitrogen and oxygen atoms in total. The van der Waals surface area contributed by atoms with Crippen molar-refractivity contribution in [3.05, 3.63) is 71.3 Å². The molecule has 0 bridgehead atoms. The van der Waals surface area contributed by atoms with E-state index in [1.54, 1.807) is 58.0 Å². The molecule has 336 valence electrons. The van der Waals surface area contributed by atoms with Crippen molar-refractivity contribution < 1.29 is 72.6 Å². The number of unbranched alkanes of at least 4 members (excludes halogenated alkanes) is 3. The fourth-order valence-corrected chi connectivity index (χ4v) is 6.22. The molecule has 0 fully saturated rings. The van der Waals surface area contributed by atoms with E-state index in [4.69, 9.17) is 24.1 Å². The first-order chi connectivity index (χ1) is 28.8. The van der Waals surface area contributed by atoms with E-state index in [0.29, 0.717) is 32.2 Å². The predicted molar refractivity (Wildman–Crippen MR) is 219 cm³/mol. The summed E-state index contributed by atoms with van der Waals surface area (Å²) >= 11 is 0. The number of carboxylic acid groups (broad SMARTS) is 2. The van der Waals surface area contributed by atoms with Crippen molar-refractivity contribution in [1.29, 1.82) is 0 Å². The smallest absolute Gasteiger partial charge is 0.336 e. The first kappa shape index (κ1) is 51.3. The van der Waals surface area contributed by atoms with Gasteiger partial charge in [-0.05, 0) is 71.1 Å². The number of nitrogens with zero attached hydrogens (tertiary/aromatic N) is 1. The van der Waals surface area contributed by atoms with Gasteiger partial charge in [0.2, 0.25) is 5.91 Å². The lowest BCUT2D eigenvalue weighted by atomic mass is 9.72. The van der Waals surface area contributed by atoms with E-state index in [0.717, 1.165) is 5.56 Å². The third kappa shape index (κ3) is 18.1. The number of carbonyl (C=O) groups is 8. The number of hydrogen-bond donors (Lipinski definition) is 4. The zero-order chi connectivity index (χ0) is 45.6. The Morgan fingerprint density at radius 3 is 1.98 bits per heavy atom. The fraction of sp³-hybridized carbons (Fsp3) is 0.545. The van der Waals surface area contributed by atoms with Crippen LogP contribution in [0.2, 0.25) is 0 Å². The number of ether oxygens (including phenoxy) is 4. The number of aliphatic carboxylic acids is 1. The molecule has 2 amide bonds. The van der Waals surface area contributed by atoms with Gasteiger partial charge in [-0.25, -0.2) is 4.79 Å². The molecular weight excluding hydrogens is 796 g/mol. The summed E-state index contributed by atoms with van der Waals surface area (Å²) in [5.74, 6) is -7.54. The van der Waals surface area contributed by atoms with Gasteiger partial charge in [0.05, 0.1) is 28.4 Å². The SMILES string of the molecule is CCC(C)(CC(C)(C)C(=O)OCC(O)CN(CCCCCCNC(=O)c1ccccc1C(=O)O)C(=O)CCC(=O)O)C(=O)OCCOC(=O)C(C)C(=O)OCc1ccccc1. The molecule has 0 aliphatic rings. The molecule has 0 heterocycles. The molecule has 0 radical (unpaired) electrons. The standard InChI is InChI=1S/C44H60N2O15/c1-6-44(5,42(57)59-25-24-58-39(54)30(2)40(55)60-27-31-16-10-9-11-17-31)29-43(3,4)41(56)61-28-32(47)26-46(35(48)20-21-36(49)50)23-15-8-7-14-22-45-37(51)33-18-12-13-19-34(33)38(52)53/h9-13,16-19,30,32,47H,6-8,14-15,20-29H2,1-5H3,(H,45,51)(H,49,50)(H,52,53). The summed E-state index contributed by atoms with van der Waals surface area (Å²) in [5, 5.41) is 31.9. The van der Waals surface area contributed by atoms with E-state index in [2.05, 4.69) is 5.32 Å². The molecule has 3 atom stereocenters. The zero-order valence-corrected chi connectivity index (χ0v) is 35.6. The number of nitrogens with one attached hydrogen (secondary N) is 1. The van der Waals surface area contributed by atoms with Crippen LogP contribution in [0.15, 0.2) is 54.6 Å². The van der Waals surface area contributed by atoms with Crippen LogP contribution in [0.25, 0.3) is 0 Å². The van der Waals surface area contributed by atoms with Crippen molar-refractivity contribution in [3.63, 3.8) is 0 Å². The molecule has 61 heavy (non-hydrogen) atoms. The van der Waals surface area contributed by atoms with Crippen LogP contribution in [0.4, 0.5) is 0 Å². The number of aromatic carboxylic acids is 1. The molecule has 0 aromatic heterocycles. The quantitative estimate of drug-likeness (QED) is 0.0396. The highest BCUT2D eigenvalue weighted by molar-refractivity contribution is 6.04. The second-order valence-electron chi connectivity index (χ2n) is 15.6. The van der Waals surface area contributed by atoms with Gasteiger partial charge in [-0.3, -0.25) is 33.6 Å². The minimum Gasteiger partial charge on any atom is -0.481 e. The van der Waals surface area contributed by atoms with Gasteiger partial charge in [-0.15, -0.1) is 0 Å². The fourth-order valence-electron chi connectivity index (χ4n) is 6.22. The lowest BCUT2D eigenvalue weighted by molar-refractivity contribution is -0.169. The highest BCUT2D eigenvalue weighted by Gasteiger charge is 2.43. The lowest BCUT2D eigenvalue weighted by Gasteiger charge is -2.34. The van der Waals surface area contributed by atoms with Crippen molar-refractivity contribution in [2.45, 2.75) is 98.7 Å². The number of amides is 2. The largest absolute Gasteiger partial charge is 0.481 e. The highest BCUT2D eigenvalue weighted by Crippen LogP contribution is 2.38. The number of hydrogen-bond acceptors (Lipinski definition) is 13. The van der Waals surface area contributed by atoms with Crippen molar-refractivity contribution in [2.75, 3.05) is 39.5 Å². The molecule has 2 aromatic carbocycles. The maximum atomic E-state index is 13.3. The van der Waals surface area contributed by atoms with Gasteiger partial charge in [-0.1, -0.05) is 62.2 Å². The van der Waals surface area contributed by atoms with Crippen LogP contribution >= 0.6 is 0 Å². The zero-order valence-electron chi connectivity index (χ0n) is 35.6. The topological polar surface area (TPSA) is 249 Å². The van der Waals surface area contributed by atoms with E-state index >= 15 is 0 Å². The minimum atomic E-state index is -1.31. The van der Waals surface area contributed by atoms with E-state index in [-0.39, 0.29) is 63.3 Å². The van der Waals surface area contributed by atoms with Gasteiger partial charge in [0.25, 0.3) is 5.91 Å². The molecule has 17 heteroatoms. The van der Waals surface area contributed by atoms with Crippen LogP contribution in [0, 0.1) is 16.7 Å². The number of esters is 4. The Labute approximate surface area is 356 Å². The van der Waals surface area contributed by atoms with Gasteiger partial charge in [0, 0.05) is 26.1 Å². The monoisotopic (exact) mass is 856 g/mol. The molecule has 0 saturated heterocycles. The van der Waals surface area contributed by atoms with Crippen molar-refractivity contribution in [2.24, 2.45) is 16.7 Å². The summed E-state index contributed by atoms with van der Waals surface area (Å²) in [6, 6.07) is 14.8. The number of carbonyl (C=O) groups excluding carboxylic acids is 6. The molecule has 0 spiro atoms. The molecule has 2 aromatic rings. The Morgan fingerprint density at radius 1 is 0.738 bits per heavy atom. The Balaban J connectivity index is 1.82. The molecule has 0 aliphatic carbocycles. The maximum absolute atomic E-state index is 13.3. The minimum absolute atomic E-state index is 0.00333. The van der Waals surface area contributed by atoms with Crippen LogP contribution in [0.5, 0.6) is 0 Å². The van der Waals surface area contributed by atoms with Crippen molar-refractivity contribution in [3.8, 4) is 0 Å². The van der Waals surface area contributed by atoms with Gasteiger partial charge in [0.1, 0.15) is 32.5 Å². The number of aliphatic hydroxyl groups is 1. The van der Waals surface area contributed by atoms with E-state index in [1.807, 2.05) is 6.07 Å². The summed E-state index contributed by atoms with van der Waals surface area (Å²) < 4.78 is 21.1. The average molecular weight is 857 g/mol. The Hall–Kier alpha value is -5.84. The number of benzene rings is 2. The van der Waals surface area contributed by atoms with E-state index in [9.17, 15) is 48.6 Å². The maximum Gasteiger partial charge on any atom is 0.336 e. The molecular formula is C44H60N2O15. The van der Waals surface area contributed by atoms with Crippen LogP contribution in [-0.2, 0) is 54.3 Å². The van der Waals surface area contributed by atoms with Gasteiger partial charge >= 0.3 is 35.8 Å². The molecule has 2 rings (SSSR count). The molecule has 0 saturated carbocycles. The number of carboxylic acids is 2. The van der Waals surface area contributed by atoms with Gasteiger partial charge < -0.3 is 44.5 Å². The average Bonchev–Trinajstić information content (AvgIpc) is 3.23. The first-order valence-corrected chi connectivity index (χ1v) is 20.3. The van der Waals surface area contributed by atoms with Crippen LogP contribution in [-0.4, -0.2) is 113 Å². The molecule has 3 unspecified atom stereocenters. The summed E-state index contributed by atoms with van der Waals surface area (Å²) in [5.41, 5.74) is -1.69. The summed E-state index contributed by atoms with van der Waals surface area (Å²) in [7, 11) is 0. The Bertz CT molecular complexity index is 1800. The summed E-state index contributed by atoms with van der Waals surface area (Å²) in [4.78, 5) is 100. The first-order valence-electron chi connectivity index (χ1n) is 20.3. The number of aliphatic hydroxyl groups excluding tert-OH is 1. The summed E-state index contributed by atoms with van der Waals surface area (Å²) in [6.07, 6.45) is 0.593. The Kier molecular flexibility index (Phi) is 21.6. The third-order valence-electron chi connectivity index (χ3n) is 9.94. The van der Waals surface area contributed by atoms with Crippen molar-refractivity contribution in [1.82, 2.24) is 10.2 Å². The summed E-state index contributed by atoms with van der Waals surface area (Å²) in [6.45, 7) is 7.01. The lowest BCUT2D eigenvalue weighted by Crippen LogP contribution is -2.42.